The minimum absolute atomic E-state index is 0.121. The van der Waals surface area contributed by atoms with Gasteiger partial charge in [0.1, 0.15) is 0 Å². The van der Waals surface area contributed by atoms with Crippen molar-refractivity contribution in [3.05, 3.63) is 64.7 Å². The van der Waals surface area contributed by atoms with E-state index in [-0.39, 0.29) is 17.4 Å². The van der Waals surface area contributed by atoms with Crippen LogP contribution in [0.2, 0.25) is 0 Å². The Kier molecular flexibility index (Phi) is 3.22. The zero-order chi connectivity index (χ0) is 15.0. The van der Waals surface area contributed by atoms with Crippen LogP contribution in [0, 0.1) is 6.92 Å². The molecule has 2 N–H and O–H groups in total. The quantitative estimate of drug-likeness (QED) is 0.909. The zero-order valence-electron chi connectivity index (χ0n) is 11.6. The second kappa shape index (κ2) is 5.05. The average Bonchev–Trinajstić information content (AvgIpc) is 2.42. The van der Waals surface area contributed by atoms with Gasteiger partial charge in [-0.3, -0.25) is 4.79 Å². The number of benzene rings is 2. The van der Waals surface area contributed by atoms with Crippen LogP contribution >= 0.6 is 0 Å². The number of rotatable bonds is 3. The molecule has 1 amide bonds. The summed E-state index contributed by atoms with van der Waals surface area (Å²) >= 11 is 0. The van der Waals surface area contributed by atoms with Crippen molar-refractivity contribution < 1.29 is 14.7 Å². The molecule has 0 heterocycles. The molecule has 0 bridgehead atoms. The average molecular weight is 281 g/mol. The molecule has 106 valence electrons. The fourth-order valence-electron chi connectivity index (χ4n) is 2.66. The number of carboxylic acid groups (broad SMARTS) is 1. The Morgan fingerprint density at radius 2 is 1.95 bits per heavy atom. The lowest BCUT2D eigenvalue weighted by molar-refractivity contribution is -0.118. The molecule has 2 aromatic rings. The van der Waals surface area contributed by atoms with Gasteiger partial charge in [0.05, 0.1) is 17.2 Å². The predicted octanol–water partition coefficient (Wildman–Crippen LogP) is 2.97. The molecule has 0 fully saturated rings. The number of aromatic carboxylic acids is 1. The first kappa shape index (κ1) is 13.4. The number of carboxylic acids is 1. The van der Waals surface area contributed by atoms with Crippen molar-refractivity contribution in [1.82, 2.24) is 0 Å². The number of amides is 1. The van der Waals surface area contributed by atoms with Crippen LogP contribution in [0.4, 0.5) is 5.69 Å². The molecule has 1 aliphatic rings. The number of fused-ring (bicyclic) bond motifs is 1. The van der Waals surface area contributed by atoms with E-state index in [2.05, 4.69) is 5.32 Å². The van der Waals surface area contributed by atoms with E-state index < -0.39 is 5.97 Å². The summed E-state index contributed by atoms with van der Waals surface area (Å²) in [5.41, 5.74) is 3.52. The summed E-state index contributed by atoms with van der Waals surface area (Å²) in [5.74, 6) is -1.38. The highest BCUT2D eigenvalue weighted by Gasteiger charge is 2.32. The van der Waals surface area contributed by atoms with Crippen molar-refractivity contribution in [2.45, 2.75) is 19.3 Å². The third kappa shape index (κ3) is 2.40. The van der Waals surface area contributed by atoms with Crippen LogP contribution < -0.4 is 5.32 Å². The molecule has 0 aromatic heterocycles. The molecule has 0 radical (unpaired) electrons. The van der Waals surface area contributed by atoms with E-state index in [1.54, 1.807) is 18.2 Å². The molecular formula is C17H15NO3. The van der Waals surface area contributed by atoms with E-state index in [1.165, 1.54) is 5.56 Å². The molecule has 1 atom stereocenters. The van der Waals surface area contributed by atoms with E-state index in [1.807, 2.05) is 31.2 Å². The van der Waals surface area contributed by atoms with E-state index >= 15 is 0 Å². The number of anilines is 1. The highest BCUT2D eigenvalue weighted by Crippen LogP contribution is 2.35. The van der Waals surface area contributed by atoms with Crippen LogP contribution in [0.5, 0.6) is 0 Å². The topological polar surface area (TPSA) is 66.4 Å². The second-order valence-corrected chi connectivity index (χ2v) is 5.30. The van der Waals surface area contributed by atoms with Gasteiger partial charge in [0.2, 0.25) is 5.91 Å². The van der Waals surface area contributed by atoms with Gasteiger partial charge < -0.3 is 10.4 Å². The summed E-state index contributed by atoms with van der Waals surface area (Å²) in [5, 5.41) is 12.0. The Balaban J connectivity index is 1.82. The molecule has 3 rings (SSSR count). The first-order valence-electron chi connectivity index (χ1n) is 6.79. The fraction of sp³-hybridized carbons (Fsp3) is 0.176. The van der Waals surface area contributed by atoms with E-state index in [9.17, 15) is 14.7 Å². The van der Waals surface area contributed by atoms with Crippen LogP contribution in [0.3, 0.4) is 0 Å². The van der Waals surface area contributed by atoms with Crippen molar-refractivity contribution in [1.29, 1.82) is 0 Å². The second-order valence-electron chi connectivity index (χ2n) is 5.30. The molecule has 0 saturated carbocycles. The number of aryl methyl sites for hydroxylation is 1. The summed E-state index contributed by atoms with van der Waals surface area (Å²) in [6.07, 6.45) is 0.705. The van der Waals surface area contributed by atoms with Gasteiger partial charge in [-0.1, -0.05) is 35.9 Å². The zero-order valence-corrected chi connectivity index (χ0v) is 11.6. The Morgan fingerprint density at radius 1 is 1.19 bits per heavy atom. The molecule has 1 unspecified atom stereocenters. The van der Waals surface area contributed by atoms with Gasteiger partial charge in [0, 0.05) is 0 Å². The van der Waals surface area contributed by atoms with Crippen molar-refractivity contribution in [2.24, 2.45) is 0 Å². The minimum atomic E-state index is -1.04. The monoisotopic (exact) mass is 281 g/mol. The fourth-order valence-corrected chi connectivity index (χ4v) is 2.66. The van der Waals surface area contributed by atoms with E-state index in [0.29, 0.717) is 12.1 Å². The van der Waals surface area contributed by atoms with Crippen LogP contribution in [0.15, 0.2) is 42.5 Å². The number of hydrogen-bond donors (Lipinski definition) is 2. The maximum atomic E-state index is 12.3. The van der Waals surface area contributed by atoms with Gasteiger partial charge in [-0.25, -0.2) is 4.79 Å². The van der Waals surface area contributed by atoms with E-state index in [4.69, 9.17) is 0 Å². The summed E-state index contributed by atoms with van der Waals surface area (Å²) in [4.78, 5) is 23.6. The van der Waals surface area contributed by atoms with Crippen molar-refractivity contribution in [3.63, 3.8) is 0 Å². The van der Waals surface area contributed by atoms with Crippen LogP contribution in [0.1, 0.15) is 33.0 Å². The Labute approximate surface area is 122 Å². The first-order valence-corrected chi connectivity index (χ1v) is 6.79. The number of carbonyl (C=O) groups excluding carboxylic acids is 1. The summed E-state index contributed by atoms with van der Waals surface area (Å²) < 4.78 is 0. The SMILES string of the molecule is Cc1ccc(NC(=O)C2Cc3ccccc32)c(C(=O)O)c1. The lowest BCUT2D eigenvalue weighted by Gasteiger charge is -2.29. The lowest BCUT2D eigenvalue weighted by Crippen LogP contribution is -2.30. The Hall–Kier alpha value is -2.62. The number of nitrogens with one attached hydrogen (secondary N) is 1. The molecule has 21 heavy (non-hydrogen) atoms. The number of carbonyl (C=O) groups is 2. The van der Waals surface area contributed by atoms with Crippen LogP contribution in [-0.2, 0) is 11.2 Å². The van der Waals surface area contributed by atoms with Crippen molar-refractivity contribution in [3.8, 4) is 0 Å². The third-order valence-electron chi connectivity index (χ3n) is 3.83. The van der Waals surface area contributed by atoms with E-state index in [0.717, 1.165) is 11.1 Å². The lowest BCUT2D eigenvalue weighted by atomic mass is 9.77. The van der Waals surface area contributed by atoms with Crippen LogP contribution in [-0.4, -0.2) is 17.0 Å². The standard InChI is InChI=1S/C17H15NO3/c1-10-6-7-15(14(8-10)17(20)21)18-16(19)13-9-11-4-2-3-5-12(11)13/h2-8,13H,9H2,1H3,(H,18,19)(H,20,21). The molecule has 0 saturated heterocycles. The van der Waals surface area contributed by atoms with Gasteiger partial charge in [-0.2, -0.15) is 0 Å². The highest BCUT2D eigenvalue weighted by molar-refractivity contribution is 6.03. The smallest absolute Gasteiger partial charge is 0.337 e. The molecule has 4 heteroatoms. The number of hydrogen-bond acceptors (Lipinski definition) is 2. The Bertz CT molecular complexity index is 737. The molecule has 0 spiro atoms. The minimum Gasteiger partial charge on any atom is -0.478 e. The van der Waals surface area contributed by atoms with Gasteiger partial charge >= 0.3 is 5.97 Å². The normalized spacial score (nSPS) is 15.8. The summed E-state index contributed by atoms with van der Waals surface area (Å²) in [6.45, 7) is 1.82. The maximum absolute atomic E-state index is 12.3. The largest absolute Gasteiger partial charge is 0.478 e. The van der Waals surface area contributed by atoms with Gasteiger partial charge in [-0.05, 0) is 36.6 Å². The van der Waals surface area contributed by atoms with Crippen molar-refractivity contribution in [2.75, 3.05) is 5.32 Å². The summed E-state index contributed by atoms with van der Waals surface area (Å²) in [7, 11) is 0. The van der Waals surface area contributed by atoms with Crippen LogP contribution in [0.25, 0.3) is 0 Å². The Morgan fingerprint density at radius 3 is 2.67 bits per heavy atom. The molecule has 0 aliphatic heterocycles. The predicted molar refractivity (Wildman–Crippen MR) is 79.7 cm³/mol. The summed E-state index contributed by atoms with van der Waals surface area (Å²) in [6, 6.07) is 12.8. The molecule has 4 nitrogen and oxygen atoms in total. The van der Waals surface area contributed by atoms with Crippen molar-refractivity contribution >= 4 is 17.6 Å². The molecular weight excluding hydrogens is 266 g/mol. The van der Waals surface area contributed by atoms with Gasteiger partial charge in [0.25, 0.3) is 0 Å². The first-order chi connectivity index (χ1) is 10.1. The maximum Gasteiger partial charge on any atom is 0.337 e. The van der Waals surface area contributed by atoms with Gasteiger partial charge in [-0.15, -0.1) is 0 Å². The molecule has 1 aliphatic carbocycles. The third-order valence-corrected chi connectivity index (χ3v) is 3.83. The van der Waals surface area contributed by atoms with Gasteiger partial charge in [0.15, 0.2) is 0 Å². The molecule has 2 aromatic carbocycles. The highest BCUT2D eigenvalue weighted by atomic mass is 16.4.